The summed E-state index contributed by atoms with van der Waals surface area (Å²) in [5.74, 6) is 0.313. The number of hydrogen-bond acceptors (Lipinski definition) is 5. The molecule has 0 saturated carbocycles. The standard InChI is InChI=1S/C24H36O5/c1-5-15(3)24(27)29-21-11-14(2)10-17-7-6-16(4)20(23(17)21)9-8-19-12-18(25)13-22(26)28-19/h6-7,10,14-16,18-21,23,25H,5,8-9,11-13H2,1-4H3/t14-,15-,16-,18-,19?,20-,21+,23-/m1/s1/i1D. The lowest BCUT2D eigenvalue weighted by atomic mass is 9.65. The first-order chi connectivity index (χ1) is 14.3. The summed E-state index contributed by atoms with van der Waals surface area (Å²) in [5.41, 5.74) is 1.24. The van der Waals surface area contributed by atoms with Gasteiger partial charge in [0.15, 0.2) is 0 Å². The Morgan fingerprint density at radius 2 is 2.17 bits per heavy atom. The Kier molecular flexibility index (Phi) is 6.74. The molecule has 0 amide bonds. The maximum absolute atomic E-state index is 12.6. The molecule has 0 aromatic heterocycles. The maximum Gasteiger partial charge on any atom is 0.308 e. The van der Waals surface area contributed by atoms with Gasteiger partial charge in [-0.1, -0.05) is 45.9 Å². The van der Waals surface area contributed by atoms with Crippen LogP contribution in [0.15, 0.2) is 23.8 Å². The largest absolute Gasteiger partial charge is 0.462 e. The van der Waals surface area contributed by atoms with Crippen molar-refractivity contribution in [2.75, 3.05) is 0 Å². The molecule has 8 atom stereocenters. The van der Waals surface area contributed by atoms with E-state index in [-0.39, 0.29) is 55.2 Å². The van der Waals surface area contributed by atoms with Crippen molar-refractivity contribution in [1.29, 1.82) is 0 Å². The molecule has 3 rings (SSSR count). The Balaban J connectivity index is 1.73. The first-order valence-electron chi connectivity index (χ1n) is 11.8. The summed E-state index contributed by atoms with van der Waals surface area (Å²) < 4.78 is 18.9. The highest BCUT2D eigenvalue weighted by Gasteiger charge is 2.42. The van der Waals surface area contributed by atoms with Crippen LogP contribution in [-0.4, -0.2) is 35.4 Å². The number of ether oxygens (including phenoxy) is 2. The third-order valence-corrected chi connectivity index (χ3v) is 6.76. The summed E-state index contributed by atoms with van der Waals surface area (Å²) >= 11 is 0. The quantitative estimate of drug-likeness (QED) is 0.671. The molecule has 5 heteroatoms. The van der Waals surface area contributed by atoms with Crippen LogP contribution in [0.25, 0.3) is 0 Å². The molecule has 162 valence electrons. The van der Waals surface area contributed by atoms with Gasteiger partial charge in [0.1, 0.15) is 12.2 Å². The van der Waals surface area contributed by atoms with E-state index in [1.807, 2.05) is 6.92 Å². The third kappa shape index (κ3) is 5.30. The van der Waals surface area contributed by atoms with Crippen LogP contribution in [0.1, 0.15) is 67.6 Å². The first-order valence-corrected chi connectivity index (χ1v) is 11.1. The smallest absolute Gasteiger partial charge is 0.308 e. The monoisotopic (exact) mass is 405 g/mol. The molecule has 0 aromatic rings. The second-order valence-corrected chi connectivity index (χ2v) is 9.24. The fourth-order valence-electron chi connectivity index (χ4n) is 5.02. The van der Waals surface area contributed by atoms with Crippen LogP contribution in [0.3, 0.4) is 0 Å². The minimum atomic E-state index is -0.613. The molecule has 1 unspecified atom stereocenters. The van der Waals surface area contributed by atoms with Crippen LogP contribution in [-0.2, 0) is 19.1 Å². The predicted molar refractivity (Wildman–Crippen MR) is 111 cm³/mol. The highest BCUT2D eigenvalue weighted by Crippen LogP contribution is 2.45. The number of rotatable bonds is 6. The summed E-state index contributed by atoms with van der Waals surface area (Å²) in [5, 5.41) is 9.90. The van der Waals surface area contributed by atoms with Crippen LogP contribution in [0.5, 0.6) is 0 Å². The third-order valence-electron chi connectivity index (χ3n) is 6.76. The van der Waals surface area contributed by atoms with E-state index >= 15 is 0 Å². The van der Waals surface area contributed by atoms with Gasteiger partial charge in [-0.15, -0.1) is 0 Å². The SMILES string of the molecule is [2H]CC[C@@H](C)C(=O)O[C@H]1C[C@H](C)C=C2C=C[C@@H](C)[C@@H](CCC3C[C@@H](O)CC(=O)O3)[C@@H]21. The fraction of sp³-hybridized carbons (Fsp3) is 0.750. The number of fused-ring (bicyclic) bond motifs is 1. The van der Waals surface area contributed by atoms with Gasteiger partial charge in [0.2, 0.25) is 0 Å². The van der Waals surface area contributed by atoms with E-state index < -0.39 is 6.10 Å². The van der Waals surface area contributed by atoms with Gasteiger partial charge in [-0.05, 0) is 49.0 Å². The van der Waals surface area contributed by atoms with Crippen LogP contribution < -0.4 is 0 Å². The zero-order valence-corrected chi connectivity index (χ0v) is 17.9. The van der Waals surface area contributed by atoms with Crippen molar-refractivity contribution in [2.24, 2.45) is 29.6 Å². The van der Waals surface area contributed by atoms with E-state index in [2.05, 4.69) is 32.1 Å². The molecular formula is C24H36O5. The molecule has 0 radical (unpaired) electrons. The summed E-state index contributed by atoms with van der Waals surface area (Å²) in [4.78, 5) is 24.3. The molecule has 29 heavy (non-hydrogen) atoms. The van der Waals surface area contributed by atoms with Gasteiger partial charge in [0.05, 0.1) is 18.4 Å². The molecule has 0 aromatic carbocycles. The van der Waals surface area contributed by atoms with Gasteiger partial charge in [0, 0.05) is 13.7 Å². The van der Waals surface area contributed by atoms with E-state index in [0.29, 0.717) is 31.1 Å². The van der Waals surface area contributed by atoms with E-state index in [0.717, 1.165) is 12.8 Å². The Bertz CT molecular complexity index is 687. The van der Waals surface area contributed by atoms with Crippen LogP contribution in [0.4, 0.5) is 0 Å². The van der Waals surface area contributed by atoms with Crippen molar-refractivity contribution in [2.45, 2.75) is 84.5 Å². The Labute approximate surface area is 175 Å². The Morgan fingerprint density at radius 1 is 1.38 bits per heavy atom. The highest BCUT2D eigenvalue weighted by atomic mass is 16.5. The topological polar surface area (TPSA) is 72.8 Å². The van der Waals surface area contributed by atoms with Gasteiger partial charge >= 0.3 is 11.9 Å². The Hall–Kier alpha value is -1.62. The predicted octanol–water partition coefficient (Wildman–Crippen LogP) is 4.20. The average molecular weight is 406 g/mol. The van der Waals surface area contributed by atoms with Gasteiger partial charge in [-0.2, -0.15) is 0 Å². The molecule has 0 spiro atoms. The molecule has 1 N–H and O–H groups in total. The summed E-state index contributed by atoms with van der Waals surface area (Å²) in [6.07, 6.45) is 9.14. The van der Waals surface area contributed by atoms with Crippen molar-refractivity contribution in [3.8, 4) is 0 Å². The lowest BCUT2D eigenvalue weighted by Crippen LogP contribution is -2.42. The van der Waals surface area contributed by atoms with Gasteiger partial charge < -0.3 is 14.6 Å². The van der Waals surface area contributed by atoms with Crippen LogP contribution >= 0.6 is 0 Å². The highest BCUT2D eigenvalue weighted by molar-refractivity contribution is 5.72. The lowest BCUT2D eigenvalue weighted by Gasteiger charge is -2.43. The zero-order valence-electron chi connectivity index (χ0n) is 18.9. The van der Waals surface area contributed by atoms with Gasteiger partial charge in [0.25, 0.3) is 0 Å². The number of cyclic esters (lactones) is 1. The van der Waals surface area contributed by atoms with Crippen molar-refractivity contribution < 1.29 is 25.5 Å². The van der Waals surface area contributed by atoms with Gasteiger partial charge in [-0.3, -0.25) is 9.59 Å². The maximum atomic E-state index is 12.6. The van der Waals surface area contributed by atoms with E-state index in [9.17, 15) is 14.7 Å². The first kappa shape index (κ1) is 20.6. The molecule has 0 bridgehead atoms. The second kappa shape index (κ2) is 9.46. The summed E-state index contributed by atoms with van der Waals surface area (Å²) in [7, 11) is 0. The van der Waals surface area contributed by atoms with Crippen molar-refractivity contribution in [3.63, 3.8) is 0 Å². The van der Waals surface area contributed by atoms with Crippen LogP contribution in [0, 0.1) is 29.6 Å². The number of aliphatic hydroxyl groups is 1. The van der Waals surface area contributed by atoms with E-state index in [1.165, 1.54) is 5.57 Å². The van der Waals surface area contributed by atoms with E-state index in [4.69, 9.17) is 10.8 Å². The summed E-state index contributed by atoms with van der Waals surface area (Å²) in [6.45, 7) is 6.41. The summed E-state index contributed by atoms with van der Waals surface area (Å²) in [6, 6.07) is 0. The van der Waals surface area contributed by atoms with Crippen molar-refractivity contribution in [3.05, 3.63) is 23.8 Å². The lowest BCUT2D eigenvalue weighted by molar-refractivity contribution is -0.162. The van der Waals surface area contributed by atoms with Crippen molar-refractivity contribution >= 4 is 11.9 Å². The Morgan fingerprint density at radius 3 is 2.90 bits per heavy atom. The molecule has 1 saturated heterocycles. The molecule has 2 aliphatic carbocycles. The van der Waals surface area contributed by atoms with Gasteiger partial charge in [-0.25, -0.2) is 0 Å². The van der Waals surface area contributed by atoms with Crippen LogP contribution in [0.2, 0.25) is 0 Å². The number of esters is 2. The molecular weight excluding hydrogens is 368 g/mol. The normalized spacial score (nSPS) is 38.3. The number of hydrogen-bond donors (Lipinski definition) is 1. The number of allylic oxidation sites excluding steroid dienone is 3. The molecule has 1 aliphatic heterocycles. The van der Waals surface area contributed by atoms with Crippen molar-refractivity contribution in [1.82, 2.24) is 0 Å². The molecule has 5 nitrogen and oxygen atoms in total. The minimum absolute atomic E-state index is 0.0843. The second-order valence-electron chi connectivity index (χ2n) is 9.24. The average Bonchev–Trinajstić information content (AvgIpc) is 2.66. The molecule has 1 heterocycles. The number of carbonyl (C=O) groups is 2. The van der Waals surface area contributed by atoms with E-state index in [1.54, 1.807) is 0 Å². The number of aliphatic hydroxyl groups excluding tert-OH is 1. The molecule has 1 fully saturated rings. The fourth-order valence-corrected chi connectivity index (χ4v) is 5.02. The minimum Gasteiger partial charge on any atom is -0.462 e. The molecule has 3 aliphatic rings. The zero-order chi connectivity index (χ0) is 21.8. The number of carbonyl (C=O) groups excluding carboxylic acids is 2.